The molecule has 0 amide bonds. The normalized spacial score (nSPS) is 19.9. The van der Waals surface area contributed by atoms with E-state index in [2.05, 4.69) is 17.6 Å². The molecular weight excluding hydrogens is 200 g/mol. The smallest absolute Gasteiger partial charge is 0.0667 e. The van der Waals surface area contributed by atoms with Crippen LogP contribution in [0.2, 0.25) is 0 Å². The highest BCUT2D eigenvalue weighted by molar-refractivity contribution is 4.71. The maximum Gasteiger partial charge on any atom is 0.0667 e. The van der Waals surface area contributed by atoms with Gasteiger partial charge in [0.15, 0.2) is 0 Å². The Balaban J connectivity index is 1.84. The summed E-state index contributed by atoms with van der Waals surface area (Å²) < 4.78 is 5.17. The van der Waals surface area contributed by atoms with Crippen molar-refractivity contribution in [2.75, 3.05) is 26.7 Å². The van der Waals surface area contributed by atoms with Gasteiger partial charge in [-0.2, -0.15) is 0 Å². The molecule has 1 aliphatic rings. The molecule has 0 saturated heterocycles. The Morgan fingerprint density at radius 3 is 2.62 bits per heavy atom. The van der Waals surface area contributed by atoms with E-state index in [1.165, 1.54) is 38.5 Å². The van der Waals surface area contributed by atoms with Crippen LogP contribution in [0.5, 0.6) is 0 Å². The average molecular weight is 228 g/mol. The van der Waals surface area contributed by atoms with E-state index in [1.807, 2.05) is 0 Å². The molecule has 1 atom stereocenters. The van der Waals surface area contributed by atoms with Gasteiger partial charge in [0.1, 0.15) is 0 Å². The van der Waals surface area contributed by atoms with Crippen LogP contribution in [0.15, 0.2) is 0 Å². The summed E-state index contributed by atoms with van der Waals surface area (Å²) in [6.07, 6.45) is 8.58. The summed E-state index contributed by atoms with van der Waals surface area (Å²) in [5, 5.41) is 7.06. The molecule has 0 aromatic carbocycles. The van der Waals surface area contributed by atoms with Crippen LogP contribution in [0, 0.1) is 0 Å². The van der Waals surface area contributed by atoms with Crippen LogP contribution in [0.4, 0.5) is 0 Å². The molecule has 1 unspecified atom stereocenters. The molecule has 0 aromatic heterocycles. The van der Waals surface area contributed by atoms with Gasteiger partial charge in [-0.15, -0.1) is 0 Å². The van der Waals surface area contributed by atoms with E-state index in [1.54, 1.807) is 7.11 Å². The molecule has 1 saturated carbocycles. The Hall–Kier alpha value is -0.120. The number of nitrogens with one attached hydrogen (secondary N) is 2. The number of hydrogen-bond donors (Lipinski definition) is 2. The Labute approximate surface area is 100 Å². The van der Waals surface area contributed by atoms with Gasteiger partial charge in [0.05, 0.1) is 6.10 Å². The molecule has 1 fully saturated rings. The molecule has 0 heterocycles. The van der Waals surface area contributed by atoms with Crippen molar-refractivity contribution in [1.82, 2.24) is 10.6 Å². The van der Waals surface area contributed by atoms with Crippen LogP contribution in [-0.2, 0) is 4.74 Å². The zero-order valence-corrected chi connectivity index (χ0v) is 10.9. The first-order chi connectivity index (χ1) is 7.83. The topological polar surface area (TPSA) is 33.3 Å². The third-order valence-corrected chi connectivity index (χ3v) is 3.40. The van der Waals surface area contributed by atoms with E-state index < -0.39 is 0 Å². The molecule has 3 nitrogen and oxygen atoms in total. The Morgan fingerprint density at radius 2 is 1.94 bits per heavy atom. The molecule has 1 aliphatic carbocycles. The van der Waals surface area contributed by atoms with Gasteiger partial charge in [-0.3, -0.25) is 0 Å². The fraction of sp³-hybridized carbons (Fsp3) is 1.00. The standard InChI is InChI=1S/C13H28N2O/c1-12(16-2)11-14-9-6-10-15-13-7-4-3-5-8-13/h12-15H,3-11H2,1-2H3. The molecule has 0 spiro atoms. The van der Waals surface area contributed by atoms with Crippen molar-refractivity contribution >= 4 is 0 Å². The summed E-state index contributed by atoms with van der Waals surface area (Å²) >= 11 is 0. The van der Waals surface area contributed by atoms with Gasteiger partial charge in [-0.05, 0) is 39.3 Å². The summed E-state index contributed by atoms with van der Waals surface area (Å²) in [6, 6.07) is 0.798. The second-order valence-corrected chi connectivity index (χ2v) is 4.89. The van der Waals surface area contributed by atoms with Gasteiger partial charge >= 0.3 is 0 Å². The Kier molecular flexibility index (Phi) is 7.81. The second-order valence-electron chi connectivity index (χ2n) is 4.89. The highest BCUT2D eigenvalue weighted by Crippen LogP contribution is 2.16. The Morgan fingerprint density at radius 1 is 1.19 bits per heavy atom. The minimum absolute atomic E-state index is 0.325. The van der Waals surface area contributed by atoms with Crippen LogP contribution in [0.1, 0.15) is 45.4 Å². The summed E-state index contributed by atoms with van der Waals surface area (Å²) in [6.45, 7) is 5.29. The van der Waals surface area contributed by atoms with E-state index in [-0.39, 0.29) is 0 Å². The summed E-state index contributed by atoms with van der Waals surface area (Å²) in [5.74, 6) is 0. The van der Waals surface area contributed by atoms with Crippen LogP contribution in [0.25, 0.3) is 0 Å². The second kappa shape index (κ2) is 8.97. The average Bonchev–Trinajstić information content (AvgIpc) is 2.34. The van der Waals surface area contributed by atoms with E-state index >= 15 is 0 Å². The largest absolute Gasteiger partial charge is 0.380 e. The van der Waals surface area contributed by atoms with Crippen molar-refractivity contribution in [3.05, 3.63) is 0 Å². The highest BCUT2D eigenvalue weighted by Gasteiger charge is 2.11. The fourth-order valence-electron chi connectivity index (χ4n) is 2.21. The number of ether oxygens (including phenoxy) is 1. The van der Waals surface area contributed by atoms with Crippen LogP contribution >= 0.6 is 0 Å². The van der Waals surface area contributed by atoms with Gasteiger partial charge in [0.25, 0.3) is 0 Å². The van der Waals surface area contributed by atoms with E-state index in [4.69, 9.17) is 4.74 Å². The van der Waals surface area contributed by atoms with Crippen molar-refractivity contribution in [1.29, 1.82) is 0 Å². The first-order valence-corrected chi connectivity index (χ1v) is 6.80. The molecule has 0 aromatic rings. The molecule has 3 heteroatoms. The summed E-state index contributed by atoms with van der Waals surface area (Å²) in [7, 11) is 1.76. The van der Waals surface area contributed by atoms with E-state index in [9.17, 15) is 0 Å². The zero-order chi connectivity index (χ0) is 11.6. The van der Waals surface area contributed by atoms with Crippen molar-refractivity contribution in [2.24, 2.45) is 0 Å². The molecule has 16 heavy (non-hydrogen) atoms. The zero-order valence-electron chi connectivity index (χ0n) is 10.9. The third kappa shape index (κ3) is 6.46. The molecule has 96 valence electrons. The van der Waals surface area contributed by atoms with E-state index in [0.717, 1.165) is 25.7 Å². The van der Waals surface area contributed by atoms with Gasteiger partial charge in [-0.25, -0.2) is 0 Å². The van der Waals surface area contributed by atoms with Crippen molar-refractivity contribution < 1.29 is 4.74 Å². The minimum Gasteiger partial charge on any atom is -0.380 e. The molecule has 2 N–H and O–H groups in total. The maximum absolute atomic E-state index is 5.17. The molecule has 1 rings (SSSR count). The SMILES string of the molecule is COC(C)CNCCCNC1CCCCC1. The monoisotopic (exact) mass is 228 g/mol. The lowest BCUT2D eigenvalue weighted by Crippen LogP contribution is -2.34. The number of rotatable bonds is 8. The Bertz CT molecular complexity index is 158. The molecule has 0 radical (unpaired) electrons. The van der Waals surface area contributed by atoms with Crippen molar-refractivity contribution in [3.8, 4) is 0 Å². The van der Waals surface area contributed by atoms with Crippen LogP contribution in [-0.4, -0.2) is 38.9 Å². The van der Waals surface area contributed by atoms with Crippen molar-refractivity contribution in [2.45, 2.75) is 57.6 Å². The fourth-order valence-corrected chi connectivity index (χ4v) is 2.21. The van der Waals surface area contributed by atoms with Crippen LogP contribution < -0.4 is 10.6 Å². The lowest BCUT2D eigenvalue weighted by atomic mass is 9.95. The van der Waals surface area contributed by atoms with Crippen molar-refractivity contribution in [3.63, 3.8) is 0 Å². The van der Waals surface area contributed by atoms with Gasteiger partial charge in [0, 0.05) is 19.7 Å². The molecular formula is C13H28N2O. The van der Waals surface area contributed by atoms with Gasteiger partial charge in [-0.1, -0.05) is 19.3 Å². The lowest BCUT2D eigenvalue weighted by molar-refractivity contribution is 0.117. The maximum atomic E-state index is 5.17. The molecule has 0 aliphatic heterocycles. The predicted octanol–water partition coefficient (Wildman–Crippen LogP) is 1.92. The quantitative estimate of drug-likeness (QED) is 0.623. The molecule has 0 bridgehead atoms. The van der Waals surface area contributed by atoms with Gasteiger partial charge < -0.3 is 15.4 Å². The number of methoxy groups -OCH3 is 1. The van der Waals surface area contributed by atoms with Crippen LogP contribution in [0.3, 0.4) is 0 Å². The number of hydrogen-bond acceptors (Lipinski definition) is 3. The highest BCUT2D eigenvalue weighted by atomic mass is 16.5. The van der Waals surface area contributed by atoms with Gasteiger partial charge in [0.2, 0.25) is 0 Å². The first kappa shape index (κ1) is 13.9. The van der Waals surface area contributed by atoms with E-state index in [0.29, 0.717) is 6.10 Å². The minimum atomic E-state index is 0.325. The third-order valence-electron chi connectivity index (χ3n) is 3.40. The summed E-state index contributed by atoms with van der Waals surface area (Å²) in [5.41, 5.74) is 0. The predicted molar refractivity (Wildman–Crippen MR) is 68.8 cm³/mol. The lowest BCUT2D eigenvalue weighted by Gasteiger charge is -2.22. The first-order valence-electron chi connectivity index (χ1n) is 6.80. The summed E-state index contributed by atoms with van der Waals surface area (Å²) in [4.78, 5) is 0.